The zero-order valence-corrected chi connectivity index (χ0v) is 15.1. The number of anilines is 1. The Hall–Kier alpha value is -1.92. The lowest BCUT2D eigenvalue weighted by atomic mass is 9.87. The van der Waals surface area contributed by atoms with E-state index in [0.717, 1.165) is 0 Å². The Morgan fingerprint density at radius 1 is 1.04 bits per heavy atom. The molecule has 0 saturated carbocycles. The van der Waals surface area contributed by atoms with E-state index in [1.807, 2.05) is 24.3 Å². The smallest absolute Gasteiger partial charge is 0.313 e. The number of carbonyl (C=O) groups is 2. The van der Waals surface area contributed by atoms with Crippen LogP contribution in [0.25, 0.3) is 0 Å². The second-order valence-corrected chi connectivity index (χ2v) is 7.68. The largest absolute Gasteiger partial charge is 0.347 e. The summed E-state index contributed by atoms with van der Waals surface area (Å²) in [6, 6.07) is 7.60. The molecule has 1 aromatic carbocycles. The van der Waals surface area contributed by atoms with Gasteiger partial charge in [0.2, 0.25) is 0 Å². The summed E-state index contributed by atoms with van der Waals surface area (Å²) in [5.41, 5.74) is 1.85. The Morgan fingerprint density at radius 3 is 2.12 bits per heavy atom. The van der Waals surface area contributed by atoms with Crippen molar-refractivity contribution in [2.45, 2.75) is 44.8 Å². The van der Waals surface area contributed by atoms with Gasteiger partial charge in [-0.1, -0.05) is 32.9 Å². The third-order valence-corrected chi connectivity index (χ3v) is 4.83. The molecule has 25 heavy (non-hydrogen) atoms. The Labute approximate surface area is 148 Å². The topological polar surface area (TPSA) is 67.9 Å². The van der Waals surface area contributed by atoms with Gasteiger partial charge in [-0.15, -0.1) is 0 Å². The van der Waals surface area contributed by atoms with Crippen molar-refractivity contribution >= 4 is 17.5 Å². The van der Waals surface area contributed by atoms with Crippen LogP contribution >= 0.6 is 0 Å². The maximum atomic E-state index is 12.4. The van der Waals surface area contributed by atoms with Crippen molar-refractivity contribution in [3.63, 3.8) is 0 Å². The number of nitrogens with one attached hydrogen (secondary N) is 1. The van der Waals surface area contributed by atoms with Crippen LogP contribution in [-0.4, -0.2) is 48.8 Å². The summed E-state index contributed by atoms with van der Waals surface area (Å²) in [5.74, 6) is -1.66. The van der Waals surface area contributed by atoms with Gasteiger partial charge in [-0.25, -0.2) is 0 Å². The molecule has 1 spiro atoms. The zero-order chi connectivity index (χ0) is 18.1. The molecule has 2 aliphatic heterocycles. The molecule has 0 aromatic heterocycles. The highest BCUT2D eigenvalue weighted by molar-refractivity contribution is 6.39. The van der Waals surface area contributed by atoms with E-state index in [2.05, 4.69) is 26.1 Å². The molecule has 2 amide bonds. The number of hydrogen-bond acceptors (Lipinski definition) is 4. The summed E-state index contributed by atoms with van der Waals surface area (Å²) in [6.07, 6.45) is 1.21. The average molecular weight is 346 g/mol. The Balaban J connectivity index is 1.55. The summed E-state index contributed by atoms with van der Waals surface area (Å²) in [6.45, 7) is 8.52. The predicted octanol–water partition coefficient (Wildman–Crippen LogP) is 2.29. The highest BCUT2D eigenvalue weighted by Crippen LogP contribution is 2.31. The van der Waals surface area contributed by atoms with Gasteiger partial charge in [-0.3, -0.25) is 9.59 Å². The van der Waals surface area contributed by atoms with E-state index in [4.69, 9.17) is 9.47 Å². The SMILES string of the molecule is CC(C)(C)c1ccc(NC(=O)C(=O)N2CCC3(CC2)OCCO3)cc1. The first kappa shape index (κ1) is 17.9. The number of rotatable bonds is 1. The third-order valence-electron chi connectivity index (χ3n) is 4.83. The van der Waals surface area contributed by atoms with Crippen molar-refractivity contribution in [1.82, 2.24) is 4.90 Å². The van der Waals surface area contributed by atoms with Crippen LogP contribution in [-0.2, 0) is 24.5 Å². The van der Waals surface area contributed by atoms with E-state index in [-0.39, 0.29) is 5.41 Å². The number of likely N-dealkylation sites (tertiary alicyclic amines) is 1. The van der Waals surface area contributed by atoms with Crippen molar-refractivity contribution in [3.05, 3.63) is 29.8 Å². The van der Waals surface area contributed by atoms with Crippen LogP contribution in [0.15, 0.2) is 24.3 Å². The zero-order valence-electron chi connectivity index (χ0n) is 15.1. The van der Waals surface area contributed by atoms with Gasteiger partial charge in [0.25, 0.3) is 0 Å². The molecule has 2 heterocycles. The van der Waals surface area contributed by atoms with Gasteiger partial charge in [0, 0.05) is 31.6 Å². The first-order valence-corrected chi connectivity index (χ1v) is 8.78. The fraction of sp³-hybridized carbons (Fsp3) is 0.579. The number of piperidine rings is 1. The first-order valence-electron chi connectivity index (χ1n) is 8.78. The van der Waals surface area contributed by atoms with Crippen molar-refractivity contribution < 1.29 is 19.1 Å². The number of hydrogen-bond donors (Lipinski definition) is 1. The van der Waals surface area contributed by atoms with Gasteiger partial charge < -0.3 is 19.7 Å². The van der Waals surface area contributed by atoms with Gasteiger partial charge in [0.15, 0.2) is 5.79 Å². The lowest BCUT2D eigenvalue weighted by Gasteiger charge is -2.37. The van der Waals surface area contributed by atoms with Crippen molar-refractivity contribution in [2.75, 3.05) is 31.6 Å². The molecule has 1 N–H and O–H groups in total. The van der Waals surface area contributed by atoms with Crippen LogP contribution in [0, 0.1) is 0 Å². The highest BCUT2D eigenvalue weighted by atomic mass is 16.7. The second-order valence-electron chi connectivity index (χ2n) is 7.68. The molecule has 2 fully saturated rings. The normalized spacial score (nSPS) is 19.9. The van der Waals surface area contributed by atoms with E-state index in [0.29, 0.717) is 44.8 Å². The molecular formula is C19H26N2O4. The molecule has 136 valence electrons. The molecule has 6 heteroatoms. The number of amides is 2. The maximum Gasteiger partial charge on any atom is 0.313 e. The Bertz CT molecular complexity index is 632. The molecule has 0 bridgehead atoms. The minimum atomic E-state index is -0.604. The first-order chi connectivity index (χ1) is 11.8. The maximum absolute atomic E-state index is 12.4. The number of nitrogens with zero attached hydrogens (tertiary/aromatic N) is 1. The summed E-state index contributed by atoms with van der Waals surface area (Å²) >= 11 is 0. The van der Waals surface area contributed by atoms with Crippen LogP contribution in [0.2, 0.25) is 0 Å². The summed E-state index contributed by atoms with van der Waals surface area (Å²) in [7, 11) is 0. The summed E-state index contributed by atoms with van der Waals surface area (Å²) in [4.78, 5) is 26.2. The predicted molar refractivity (Wildman–Crippen MR) is 94.2 cm³/mol. The van der Waals surface area contributed by atoms with Gasteiger partial charge in [0.05, 0.1) is 13.2 Å². The van der Waals surface area contributed by atoms with Gasteiger partial charge in [0.1, 0.15) is 0 Å². The molecule has 3 rings (SSSR count). The lowest BCUT2D eigenvalue weighted by molar-refractivity contribution is -0.187. The van der Waals surface area contributed by atoms with Crippen molar-refractivity contribution in [1.29, 1.82) is 0 Å². The van der Waals surface area contributed by atoms with Crippen molar-refractivity contribution in [2.24, 2.45) is 0 Å². The fourth-order valence-corrected chi connectivity index (χ4v) is 3.22. The van der Waals surface area contributed by atoms with Crippen LogP contribution in [0.5, 0.6) is 0 Å². The summed E-state index contributed by atoms with van der Waals surface area (Å²) < 4.78 is 11.3. The molecule has 6 nitrogen and oxygen atoms in total. The monoisotopic (exact) mass is 346 g/mol. The molecule has 2 saturated heterocycles. The minimum absolute atomic E-state index is 0.0481. The van der Waals surface area contributed by atoms with Gasteiger partial charge >= 0.3 is 11.8 Å². The number of benzene rings is 1. The van der Waals surface area contributed by atoms with E-state index in [1.54, 1.807) is 4.90 Å². The Morgan fingerprint density at radius 2 is 1.60 bits per heavy atom. The van der Waals surface area contributed by atoms with Gasteiger partial charge in [-0.2, -0.15) is 0 Å². The summed E-state index contributed by atoms with van der Waals surface area (Å²) in [5, 5.41) is 2.69. The van der Waals surface area contributed by atoms with Crippen LogP contribution < -0.4 is 5.32 Å². The molecule has 1 aromatic rings. The molecular weight excluding hydrogens is 320 g/mol. The average Bonchev–Trinajstić information content (AvgIpc) is 3.03. The van der Waals surface area contributed by atoms with E-state index in [9.17, 15) is 9.59 Å². The standard InChI is InChI=1S/C19H26N2O4/c1-18(2,3)14-4-6-15(7-5-14)20-16(22)17(23)21-10-8-19(9-11-21)24-12-13-25-19/h4-7H,8-13H2,1-3H3,(H,20,22). The molecule has 0 aliphatic carbocycles. The Kier molecular flexibility index (Phi) is 4.84. The molecule has 2 aliphatic rings. The number of carbonyl (C=O) groups excluding carboxylic acids is 2. The second kappa shape index (κ2) is 6.77. The number of ether oxygens (including phenoxy) is 2. The van der Waals surface area contributed by atoms with Crippen LogP contribution in [0.3, 0.4) is 0 Å². The molecule has 0 atom stereocenters. The quantitative estimate of drug-likeness (QED) is 0.792. The lowest BCUT2D eigenvalue weighted by Crippen LogP contribution is -2.50. The van der Waals surface area contributed by atoms with Gasteiger partial charge in [-0.05, 0) is 23.1 Å². The minimum Gasteiger partial charge on any atom is -0.347 e. The highest BCUT2D eigenvalue weighted by Gasteiger charge is 2.41. The molecule has 0 unspecified atom stereocenters. The fourth-order valence-electron chi connectivity index (χ4n) is 3.22. The van der Waals surface area contributed by atoms with Crippen LogP contribution in [0.1, 0.15) is 39.2 Å². The van der Waals surface area contributed by atoms with Crippen molar-refractivity contribution in [3.8, 4) is 0 Å². The van der Waals surface area contributed by atoms with E-state index < -0.39 is 17.6 Å². The van der Waals surface area contributed by atoms with E-state index in [1.165, 1.54) is 5.56 Å². The third kappa shape index (κ3) is 4.02. The van der Waals surface area contributed by atoms with Crippen LogP contribution in [0.4, 0.5) is 5.69 Å². The van der Waals surface area contributed by atoms with E-state index >= 15 is 0 Å². The molecule has 0 radical (unpaired) electrons.